The van der Waals surface area contributed by atoms with Crippen LogP contribution in [0.2, 0.25) is 0 Å². The van der Waals surface area contributed by atoms with E-state index in [-0.39, 0.29) is 0 Å². The van der Waals surface area contributed by atoms with E-state index in [0.717, 1.165) is 23.7 Å². The van der Waals surface area contributed by atoms with E-state index in [4.69, 9.17) is 0 Å². The standard InChI is InChI=1S/C11H10O2/c12-7-3-6-10-4-1-2-5-11(8-10)9-13/h1-7,9H,8H2/b6-3+. The van der Waals surface area contributed by atoms with Gasteiger partial charge in [-0.2, -0.15) is 0 Å². The Kier molecular flexibility index (Phi) is 3.64. The summed E-state index contributed by atoms with van der Waals surface area (Å²) in [6.45, 7) is 0. The van der Waals surface area contributed by atoms with Gasteiger partial charge in [0, 0.05) is 6.42 Å². The SMILES string of the molecule is O=C/C=C/C1=CC=CC=C(C=O)C1. The highest BCUT2D eigenvalue weighted by Crippen LogP contribution is 2.13. The van der Waals surface area contributed by atoms with Gasteiger partial charge in [-0.3, -0.25) is 9.59 Å². The molecule has 1 rings (SSSR count). The summed E-state index contributed by atoms with van der Waals surface area (Å²) >= 11 is 0. The van der Waals surface area contributed by atoms with Crippen LogP contribution in [-0.2, 0) is 9.59 Å². The van der Waals surface area contributed by atoms with Gasteiger partial charge in [-0.1, -0.05) is 30.4 Å². The molecule has 1 aliphatic rings. The number of hydrogen-bond donors (Lipinski definition) is 0. The van der Waals surface area contributed by atoms with Crippen molar-refractivity contribution in [2.45, 2.75) is 6.42 Å². The smallest absolute Gasteiger partial charge is 0.146 e. The molecule has 2 nitrogen and oxygen atoms in total. The summed E-state index contributed by atoms with van der Waals surface area (Å²) in [5, 5.41) is 0. The Hall–Kier alpha value is -1.70. The molecule has 0 radical (unpaired) electrons. The van der Waals surface area contributed by atoms with Crippen LogP contribution in [0.25, 0.3) is 0 Å². The summed E-state index contributed by atoms with van der Waals surface area (Å²) in [6.07, 6.45) is 12.6. The zero-order chi connectivity index (χ0) is 9.52. The molecule has 0 amide bonds. The van der Waals surface area contributed by atoms with E-state index in [1.807, 2.05) is 18.2 Å². The molecule has 0 saturated heterocycles. The van der Waals surface area contributed by atoms with Gasteiger partial charge in [0.1, 0.15) is 12.6 Å². The van der Waals surface area contributed by atoms with Crippen molar-refractivity contribution in [3.8, 4) is 0 Å². The lowest BCUT2D eigenvalue weighted by molar-refractivity contribution is -0.105. The van der Waals surface area contributed by atoms with Gasteiger partial charge in [-0.05, 0) is 17.2 Å². The van der Waals surface area contributed by atoms with Crippen LogP contribution in [-0.4, -0.2) is 12.6 Å². The molecule has 0 fully saturated rings. The highest BCUT2D eigenvalue weighted by Gasteiger charge is 1.99. The van der Waals surface area contributed by atoms with Crippen LogP contribution in [0.15, 0.2) is 47.6 Å². The molecule has 0 saturated carbocycles. The van der Waals surface area contributed by atoms with E-state index in [2.05, 4.69) is 0 Å². The van der Waals surface area contributed by atoms with Gasteiger partial charge in [-0.15, -0.1) is 0 Å². The van der Waals surface area contributed by atoms with Gasteiger partial charge in [0.15, 0.2) is 0 Å². The third-order valence-corrected chi connectivity index (χ3v) is 1.68. The van der Waals surface area contributed by atoms with Gasteiger partial charge < -0.3 is 0 Å². The summed E-state index contributed by atoms with van der Waals surface area (Å²) in [5.41, 5.74) is 1.68. The molecule has 66 valence electrons. The molecule has 0 aromatic heterocycles. The number of allylic oxidation sites excluding steroid dienone is 8. The molecule has 0 bridgehead atoms. The summed E-state index contributed by atoms with van der Waals surface area (Å²) in [7, 11) is 0. The lowest BCUT2D eigenvalue weighted by Gasteiger charge is -1.97. The first-order valence-corrected chi connectivity index (χ1v) is 4.00. The fourth-order valence-corrected chi connectivity index (χ4v) is 1.07. The lowest BCUT2D eigenvalue weighted by Crippen LogP contribution is -1.86. The number of carbonyl (C=O) groups is 2. The molecular weight excluding hydrogens is 164 g/mol. The molecule has 1 aliphatic carbocycles. The first-order valence-electron chi connectivity index (χ1n) is 4.00. The molecule has 0 N–H and O–H groups in total. The van der Waals surface area contributed by atoms with Crippen molar-refractivity contribution < 1.29 is 9.59 Å². The Labute approximate surface area is 76.9 Å². The second-order valence-electron chi connectivity index (χ2n) is 2.66. The first-order chi connectivity index (χ1) is 6.36. The van der Waals surface area contributed by atoms with Crippen LogP contribution in [0, 0.1) is 0 Å². The third-order valence-electron chi connectivity index (χ3n) is 1.68. The molecule has 0 heterocycles. The minimum absolute atomic E-state index is 0.584. The van der Waals surface area contributed by atoms with Crippen molar-refractivity contribution in [1.29, 1.82) is 0 Å². The van der Waals surface area contributed by atoms with Crippen LogP contribution in [0.1, 0.15) is 6.42 Å². The summed E-state index contributed by atoms with van der Waals surface area (Å²) in [5.74, 6) is 0. The number of hydrogen-bond acceptors (Lipinski definition) is 2. The van der Waals surface area contributed by atoms with Crippen molar-refractivity contribution in [3.05, 3.63) is 47.6 Å². The van der Waals surface area contributed by atoms with E-state index in [9.17, 15) is 9.59 Å². The van der Waals surface area contributed by atoms with Crippen LogP contribution < -0.4 is 0 Å². The Balaban J connectivity index is 2.78. The highest BCUT2D eigenvalue weighted by atomic mass is 16.1. The Bertz CT molecular complexity index is 317. The van der Waals surface area contributed by atoms with E-state index >= 15 is 0 Å². The minimum Gasteiger partial charge on any atom is -0.299 e. The van der Waals surface area contributed by atoms with E-state index in [0.29, 0.717) is 6.42 Å². The summed E-state index contributed by atoms with van der Waals surface area (Å²) < 4.78 is 0. The van der Waals surface area contributed by atoms with Gasteiger partial charge in [0.25, 0.3) is 0 Å². The molecule has 13 heavy (non-hydrogen) atoms. The maximum Gasteiger partial charge on any atom is 0.146 e. The molecule has 0 aromatic carbocycles. The quantitative estimate of drug-likeness (QED) is 0.482. The predicted molar refractivity (Wildman–Crippen MR) is 51.2 cm³/mol. The third kappa shape index (κ3) is 3.03. The molecule has 0 spiro atoms. The molecule has 2 heteroatoms. The number of aldehydes is 2. The highest BCUT2D eigenvalue weighted by molar-refractivity contribution is 5.75. The monoisotopic (exact) mass is 174 g/mol. The average molecular weight is 174 g/mol. The maximum absolute atomic E-state index is 10.5. The van der Waals surface area contributed by atoms with Gasteiger partial charge in [-0.25, -0.2) is 0 Å². The van der Waals surface area contributed by atoms with Crippen LogP contribution in [0.3, 0.4) is 0 Å². The van der Waals surface area contributed by atoms with Crippen molar-refractivity contribution in [2.75, 3.05) is 0 Å². The Morgan fingerprint density at radius 3 is 2.38 bits per heavy atom. The fraction of sp³-hybridized carbons (Fsp3) is 0.0909. The molecule has 0 atom stereocenters. The zero-order valence-electron chi connectivity index (χ0n) is 7.14. The molecule has 0 aromatic rings. The second-order valence-corrected chi connectivity index (χ2v) is 2.66. The summed E-state index contributed by atoms with van der Waals surface area (Å²) in [6, 6.07) is 0. The van der Waals surface area contributed by atoms with Crippen molar-refractivity contribution in [1.82, 2.24) is 0 Å². The molecule has 0 aliphatic heterocycles. The zero-order valence-corrected chi connectivity index (χ0v) is 7.14. The number of carbonyl (C=O) groups excluding carboxylic acids is 2. The minimum atomic E-state index is 0.584. The Morgan fingerprint density at radius 2 is 1.77 bits per heavy atom. The van der Waals surface area contributed by atoms with E-state index < -0.39 is 0 Å². The fourth-order valence-electron chi connectivity index (χ4n) is 1.07. The van der Waals surface area contributed by atoms with Gasteiger partial charge >= 0.3 is 0 Å². The Morgan fingerprint density at radius 1 is 1.08 bits per heavy atom. The van der Waals surface area contributed by atoms with Crippen molar-refractivity contribution in [3.63, 3.8) is 0 Å². The van der Waals surface area contributed by atoms with E-state index in [1.165, 1.54) is 6.08 Å². The average Bonchev–Trinajstić information content (AvgIpc) is 2.39. The van der Waals surface area contributed by atoms with Crippen LogP contribution in [0.5, 0.6) is 0 Å². The lowest BCUT2D eigenvalue weighted by atomic mass is 10.1. The van der Waals surface area contributed by atoms with Crippen molar-refractivity contribution >= 4 is 12.6 Å². The van der Waals surface area contributed by atoms with Gasteiger partial charge in [0.05, 0.1) is 0 Å². The topological polar surface area (TPSA) is 34.1 Å². The van der Waals surface area contributed by atoms with Gasteiger partial charge in [0.2, 0.25) is 0 Å². The van der Waals surface area contributed by atoms with E-state index in [1.54, 1.807) is 12.2 Å². The maximum atomic E-state index is 10.5. The summed E-state index contributed by atoms with van der Waals surface area (Å²) in [4.78, 5) is 20.6. The van der Waals surface area contributed by atoms with Crippen molar-refractivity contribution in [2.24, 2.45) is 0 Å². The van der Waals surface area contributed by atoms with Crippen LogP contribution in [0.4, 0.5) is 0 Å². The predicted octanol–water partition coefficient (Wildman–Crippen LogP) is 1.75. The normalized spacial score (nSPS) is 16.3. The molecule has 0 unspecified atom stereocenters. The first kappa shape index (κ1) is 9.39. The number of rotatable bonds is 3. The largest absolute Gasteiger partial charge is 0.299 e. The molecular formula is C11H10O2. The van der Waals surface area contributed by atoms with Crippen LogP contribution >= 0.6 is 0 Å². The second kappa shape index (κ2) is 5.04.